The van der Waals surface area contributed by atoms with Crippen molar-refractivity contribution in [2.24, 2.45) is 10.7 Å². The van der Waals surface area contributed by atoms with Crippen LogP contribution in [0.1, 0.15) is 24.9 Å². The molecular weight excluding hydrogens is 262 g/mol. The van der Waals surface area contributed by atoms with E-state index < -0.39 is 0 Å². The molecule has 1 aliphatic heterocycles. The maximum absolute atomic E-state index is 6.00. The van der Waals surface area contributed by atoms with E-state index in [1.54, 1.807) is 7.11 Å². The number of aliphatic imine (C=N–C) groups is 1. The molecule has 0 spiro atoms. The third kappa shape index (κ3) is 2.53. The van der Waals surface area contributed by atoms with Gasteiger partial charge >= 0.3 is 0 Å². The number of guanidine groups is 1. The number of hydrogen-bond donors (Lipinski definition) is 1. The van der Waals surface area contributed by atoms with Gasteiger partial charge in [0.2, 0.25) is 0 Å². The smallest absolute Gasteiger partial charge is 0.191 e. The first-order chi connectivity index (χ1) is 10.2. The summed E-state index contributed by atoms with van der Waals surface area (Å²) >= 11 is 0. The van der Waals surface area contributed by atoms with Gasteiger partial charge in [0.1, 0.15) is 5.75 Å². The van der Waals surface area contributed by atoms with E-state index >= 15 is 0 Å². The lowest BCUT2D eigenvalue weighted by Crippen LogP contribution is -2.36. The number of nitrogens with zero attached hydrogens (tertiary/aromatic N) is 2. The maximum atomic E-state index is 6.00. The molecular formula is C17H21N3O. The molecule has 2 aromatic rings. The van der Waals surface area contributed by atoms with E-state index in [-0.39, 0.29) is 6.04 Å². The SMILES string of the molecule is CCCN1C(N)=NCC1c1ccc2cc(OC)ccc2c1. The number of fused-ring (bicyclic) bond motifs is 1. The Morgan fingerprint density at radius 1 is 1.24 bits per heavy atom. The number of nitrogens with two attached hydrogens (primary N) is 1. The molecule has 0 bridgehead atoms. The summed E-state index contributed by atoms with van der Waals surface area (Å²) < 4.78 is 5.27. The first-order valence-corrected chi connectivity index (χ1v) is 7.37. The van der Waals surface area contributed by atoms with Gasteiger partial charge in [0.05, 0.1) is 19.7 Å². The Hall–Kier alpha value is -2.23. The van der Waals surface area contributed by atoms with E-state index in [1.165, 1.54) is 16.3 Å². The fraction of sp³-hybridized carbons (Fsp3) is 0.353. The zero-order chi connectivity index (χ0) is 14.8. The predicted octanol–water partition coefficient (Wildman–Crippen LogP) is 2.93. The van der Waals surface area contributed by atoms with Gasteiger partial charge in [0.15, 0.2) is 5.96 Å². The van der Waals surface area contributed by atoms with E-state index in [2.05, 4.69) is 47.1 Å². The second-order valence-electron chi connectivity index (χ2n) is 5.38. The summed E-state index contributed by atoms with van der Waals surface area (Å²) in [5, 5.41) is 2.40. The van der Waals surface area contributed by atoms with E-state index in [4.69, 9.17) is 10.5 Å². The third-order valence-corrected chi connectivity index (χ3v) is 4.02. The van der Waals surface area contributed by atoms with Gasteiger partial charge in [-0.3, -0.25) is 4.99 Å². The lowest BCUT2D eigenvalue weighted by atomic mass is 10.0. The van der Waals surface area contributed by atoms with Crippen LogP contribution in [-0.2, 0) is 0 Å². The molecule has 0 radical (unpaired) electrons. The molecule has 1 unspecified atom stereocenters. The minimum atomic E-state index is 0.261. The van der Waals surface area contributed by atoms with E-state index in [9.17, 15) is 0 Å². The Bertz CT molecular complexity index is 681. The third-order valence-electron chi connectivity index (χ3n) is 4.02. The van der Waals surface area contributed by atoms with Crippen LogP contribution in [0.4, 0.5) is 0 Å². The fourth-order valence-electron chi connectivity index (χ4n) is 2.90. The van der Waals surface area contributed by atoms with Gasteiger partial charge in [-0.05, 0) is 41.0 Å². The molecule has 2 aromatic carbocycles. The van der Waals surface area contributed by atoms with Crippen molar-refractivity contribution in [1.82, 2.24) is 4.90 Å². The first-order valence-electron chi connectivity index (χ1n) is 7.37. The Morgan fingerprint density at radius 3 is 2.76 bits per heavy atom. The van der Waals surface area contributed by atoms with Crippen LogP contribution < -0.4 is 10.5 Å². The van der Waals surface area contributed by atoms with Gasteiger partial charge in [-0.2, -0.15) is 0 Å². The van der Waals surface area contributed by atoms with Crippen LogP contribution in [0.2, 0.25) is 0 Å². The molecule has 1 atom stereocenters. The molecule has 3 rings (SSSR count). The van der Waals surface area contributed by atoms with Crippen LogP contribution in [0.15, 0.2) is 41.4 Å². The highest BCUT2D eigenvalue weighted by molar-refractivity contribution is 5.85. The van der Waals surface area contributed by atoms with Crippen molar-refractivity contribution in [3.63, 3.8) is 0 Å². The van der Waals surface area contributed by atoms with Crippen molar-refractivity contribution in [2.75, 3.05) is 20.2 Å². The lowest BCUT2D eigenvalue weighted by Gasteiger charge is -2.26. The van der Waals surface area contributed by atoms with Crippen molar-refractivity contribution in [3.8, 4) is 5.75 Å². The van der Waals surface area contributed by atoms with Gasteiger partial charge in [-0.15, -0.1) is 0 Å². The average molecular weight is 283 g/mol. The minimum Gasteiger partial charge on any atom is -0.497 e. The molecule has 0 aliphatic carbocycles. The summed E-state index contributed by atoms with van der Waals surface area (Å²) in [4.78, 5) is 6.60. The molecule has 1 heterocycles. The zero-order valence-corrected chi connectivity index (χ0v) is 12.5. The van der Waals surface area contributed by atoms with Crippen molar-refractivity contribution in [2.45, 2.75) is 19.4 Å². The highest BCUT2D eigenvalue weighted by Gasteiger charge is 2.26. The van der Waals surface area contributed by atoms with Crippen molar-refractivity contribution < 1.29 is 4.74 Å². The summed E-state index contributed by atoms with van der Waals surface area (Å²) in [7, 11) is 1.69. The molecule has 4 heteroatoms. The minimum absolute atomic E-state index is 0.261. The van der Waals surface area contributed by atoms with Crippen LogP contribution in [0.3, 0.4) is 0 Å². The molecule has 0 aromatic heterocycles. The van der Waals surface area contributed by atoms with Gasteiger partial charge in [-0.25, -0.2) is 0 Å². The standard InChI is InChI=1S/C17H21N3O/c1-3-8-20-16(11-19-17(20)18)14-5-4-13-10-15(21-2)7-6-12(13)9-14/h4-7,9-10,16H,3,8,11H2,1-2H3,(H2,18,19). The van der Waals surface area contributed by atoms with Crippen molar-refractivity contribution >= 4 is 16.7 Å². The first kappa shape index (κ1) is 13.7. The summed E-state index contributed by atoms with van der Waals surface area (Å²) in [6.45, 7) is 3.85. The van der Waals surface area contributed by atoms with Gasteiger partial charge in [0.25, 0.3) is 0 Å². The second-order valence-corrected chi connectivity index (χ2v) is 5.38. The van der Waals surface area contributed by atoms with Crippen LogP contribution in [0, 0.1) is 0 Å². The largest absolute Gasteiger partial charge is 0.497 e. The van der Waals surface area contributed by atoms with Crippen LogP contribution in [-0.4, -0.2) is 31.1 Å². The number of methoxy groups -OCH3 is 1. The molecule has 0 fully saturated rings. The molecule has 4 nitrogen and oxygen atoms in total. The summed E-state index contributed by atoms with van der Waals surface area (Å²) in [6.07, 6.45) is 1.07. The maximum Gasteiger partial charge on any atom is 0.191 e. The number of hydrogen-bond acceptors (Lipinski definition) is 4. The fourth-order valence-corrected chi connectivity index (χ4v) is 2.90. The number of benzene rings is 2. The topological polar surface area (TPSA) is 50.8 Å². The quantitative estimate of drug-likeness (QED) is 0.938. The second kappa shape index (κ2) is 5.64. The van der Waals surface area contributed by atoms with E-state index in [1.807, 2.05) is 6.07 Å². The van der Waals surface area contributed by atoms with Crippen molar-refractivity contribution in [3.05, 3.63) is 42.0 Å². The number of ether oxygens (including phenoxy) is 1. The highest BCUT2D eigenvalue weighted by Crippen LogP contribution is 2.29. The zero-order valence-electron chi connectivity index (χ0n) is 12.5. The molecule has 0 saturated carbocycles. The van der Waals surface area contributed by atoms with E-state index in [0.29, 0.717) is 5.96 Å². The average Bonchev–Trinajstić information content (AvgIpc) is 2.88. The van der Waals surface area contributed by atoms with Crippen molar-refractivity contribution in [1.29, 1.82) is 0 Å². The Labute approximate surface area is 125 Å². The molecule has 1 aliphatic rings. The molecule has 0 saturated heterocycles. The van der Waals surface area contributed by atoms with E-state index in [0.717, 1.165) is 25.3 Å². The molecule has 2 N–H and O–H groups in total. The van der Waals surface area contributed by atoms with Gasteiger partial charge in [-0.1, -0.05) is 25.1 Å². The summed E-state index contributed by atoms with van der Waals surface area (Å²) in [6, 6.07) is 13.0. The summed E-state index contributed by atoms with van der Waals surface area (Å²) in [5.74, 6) is 1.55. The molecule has 0 amide bonds. The normalized spacial score (nSPS) is 18.1. The Balaban J connectivity index is 1.94. The Kier molecular flexibility index (Phi) is 3.69. The van der Waals surface area contributed by atoms with Crippen LogP contribution >= 0.6 is 0 Å². The van der Waals surface area contributed by atoms with Gasteiger partial charge in [0, 0.05) is 6.54 Å². The number of rotatable bonds is 4. The van der Waals surface area contributed by atoms with Crippen LogP contribution in [0.5, 0.6) is 5.75 Å². The summed E-state index contributed by atoms with van der Waals surface area (Å²) in [5.41, 5.74) is 7.27. The highest BCUT2D eigenvalue weighted by atomic mass is 16.5. The lowest BCUT2D eigenvalue weighted by molar-refractivity contribution is 0.347. The predicted molar refractivity (Wildman–Crippen MR) is 86.7 cm³/mol. The monoisotopic (exact) mass is 283 g/mol. The van der Waals surface area contributed by atoms with Gasteiger partial charge < -0.3 is 15.4 Å². The molecule has 110 valence electrons. The molecule has 21 heavy (non-hydrogen) atoms. The Morgan fingerprint density at radius 2 is 2.00 bits per heavy atom. The van der Waals surface area contributed by atoms with Crippen LogP contribution in [0.25, 0.3) is 10.8 Å².